The molecule has 2 aromatic carbocycles. The molecule has 1 saturated carbocycles. The standard InChI is InChI=1S/C43H49N5O6/c1-25(2)39(46-42(51)53-3)41(50)48-20-6-10-38(48)35-21-30(23-44-35)28-13-11-26(12-14-28)27-15-17-29(18-16-27)33-22-34(32-8-4-7-31(32)33)37-9-5-19-47(37)40(49)36-24-54-43(52)45-36/h11-18,23,25,36-39H,4-10,19-22,24H2,1-3H3,(H,45,52)(H,46,51)/t36-,37?,38-,39-/m0/s1. The number of amides is 4. The number of ether oxygens (including phenoxy) is 2. The molecule has 8 rings (SSSR count). The van der Waals surface area contributed by atoms with Gasteiger partial charge in [-0.3, -0.25) is 14.6 Å². The second-order valence-electron chi connectivity index (χ2n) is 15.6. The van der Waals surface area contributed by atoms with Crippen molar-refractivity contribution in [2.75, 3.05) is 26.8 Å². The number of likely N-dealkylation sites (tertiary alicyclic amines) is 2. The molecule has 2 aliphatic carbocycles. The van der Waals surface area contributed by atoms with Crippen LogP contribution in [0.5, 0.6) is 0 Å². The zero-order valence-corrected chi connectivity index (χ0v) is 31.4. The number of alkyl carbamates (subject to hydrolysis) is 2. The summed E-state index contributed by atoms with van der Waals surface area (Å²) in [6.45, 7) is 5.31. The second-order valence-corrected chi connectivity index (χ2v) is 15.6. The zero-order chi connectivity index (χ0) is 37.5. The molecule has 0 aromatic heterocycles. The van der Waals surface area contributed by atoms with E-state index in [9.17, 15) is 19.2 Å². The quantitative estimate of drug-likeness (QED) is 0.297. The van der Waals surface area contributed by atoms with Gasteiger partial charge in [0.05, 0.1) is 19.2 Å². The van der Waals surface area contributed by atoms with E-state index in [1.807, 2.05) is 29.8 Å². The number of hydrogen-bond acceptors (Lipinski definition) is 7. The van der Waals surface area contributed by atoms with E-state index in [-0.39, 0.29) is 36.4 Å². The van der Waals surface area contributed by atoms with Crippen LogP contribution in [-0.4, -0.2) is 90.5 Å². The number of nitrogens with one attached hydrogen (secondary N) is 2. The van der Waals surface area contributed by atoms with Crippen LogP contribution in [0.2, 0.25) is 0 Å². The predicted octanol–water partition coefficient (Wildman–Crippen LogP) is 6.65. The number of cyclic esters (lactones) is 1. The lowest BCUT2D eigenvalue weighted by Crippen LogP contribution is -2.53. The molecule has 4 atom stereocenters. The van der Waals surface area contributed by atoms with E-state index >= 15 is 0 Å². The van der Waals surface area contributed by atoms with Gasteiger partial charge in [0.25, 0.3) is 0 Å². The molecule has 1 unspecified atom stereocenters. The first kappa shape index (κ1) is 35.8. The number of carbonyl (C=O) groups is 4. The highest BCUT2D eigenvalue weighted by Gasteiger charge is 2.42. The first-order chi connectivity index (χ1) is 26.2. The third-order valence-electron chi connectivity index (χ3n) is 12.1. The molecule has 4 fully saturated rings. The minimum atomic E-state index is -0.649. The average Bonchev–Trinajstić information content (AvgIpc) is 4.04. The molecule has 4 aliphatic heterocycles. The molecule has 0 radical (unpaired) electrons. The van der Waals surface area contributed by atoms with Gasteiger partial charge in [0.1, 0.15) is 18.7 Å². The van der Waals surface area contributed by atoms with E-state index in [1.54, 1.807) is 0 Å². The smallest absolute Gasteiger partial charge is 0.407 e. The van der Waals surface area contributed by atoms with Crippen LogP contribution in [0.25, 0.3) is 22.3 Å². The Morgan fingerprint density at radius 3 is 2.15 bits per heavy atom. The van der Waals surface area contributed by atoms with Crippen molar-refractivity contribution in [2.24, 2.45) is 10.9 Å². The van der Waals surface area contributed by atoms with Gasteiger partial charge in [-0.2, -0.15) is 0 Å². The van der Waals surface area contributed by atoms with Crippen molar-refractivity contribution in [3.05, 3.63) is 82.6 Å². The molecule has 54 heavy (non-hydrogen) atoms. The van der Waals surface area contributed by atoms with Crippen molar-refractivity contribution in [1.29, 1.82) is 0 Å². The van der Waals surface area contributed by atoms with Crippen molar-refractivity contribution < 1.29 is 28.7 Å². The van der Waals surface area contributed by atoms with E-state index in [0.29, 0.717) is 19.5 Å². The van der Waals surface area contributed by atoms with Crippen LogP contribution in [0, 0.1) is 5.92 Å². The van der Waals surface area contributed by atoms with Crippen LogP contribution in [0.3, 0.4) is 0 Å². The monoisotopic (exact) mass is 731 g/mol. The van der Waals surface area contributed by atoms with Gasteiger partial charge in [-0.25, -0.2) is 9.59 Å². The Morgan fingerprint density at radius 1 is 0.833 bits per heavy atom. The van der Waals surface area contributed by atoms with Gasteiger partial charge in [-0.05, 0) is 107 Å². The molecule has 282 valence electrons. The van der Waals surface area contributed by atoms with Crippen LogP contribution in [-0.2, 0) is 19.1 Å². The minimum Gasteiger partial charge on any atom is -0.453 e. The van der Waals surface area contributed by atoms with Crippen LogP contribution in [0.4, 0.5) is 9.59 Å². The molecule has 4 heterocycles. The summed E-state index contributed by atoms with van der Waals surface area (Å²) in [6.07, 6.45) is 9.34. The van der Waals surface area contributed by atoms with Crippen molar-refractivity contribution in [2.45, 2.75) is 95.8 Å². The molecule has 11 nitrogen and oxygen atoms in total. The van der Waals surface area contributed by atoms with E-state index in [4.69, 9.17) is 14.5 Å². The highest BCUT2D eigenvalue weighted by atomic mass is 16.6. The normalized spacial score (nSPS) is 24.1. The first-order valence-corrected chi connectivity index (χ1v) is 19.5. The summed E-state index contributed by atoms with van der Waals surface area (Å²) in [6, 6.07) is 16.3. The maximum Gasteiger partial charge on any atom is 0.407 e. The molecular weight excluding hydrogens is 683 g/mol. The van der Waals surface area contributed by atoms with Gasteiger partial charge in [-0.1, -0.05) is 62.4 Å². The summed E-state index contributed by atoms with van der Waals surface area (Å²) in [5, 5.41) is 5.40. The van der Waals surface area contributed by atoms with Gasteiger partial charge >= 0.3 is 12.2 Å². The van der Waals surface area contributed by atoms with Crippen molar-refractivity contribution in [1.82, 2.24) is 20.4 Å². The first-order valence-electron chi connectivity index (χ1n) is 19.5. The molecule has 6 aliphatic rings. The second kappa shape index (κ2) is 14.9. The minimum absolute atomic E-state index is 0.0319. The lowest BCUT2D eigenvalue weighted by molar-refractivity contribution is -0.134. The van der Waals surface area contributed by atoms with E-state index in [2.05, 4.69) is 59.2 Å². The maximum atomic E-state index is 13.6. The fourth-order valence-electron chi connectivity index (χ4n) is 9.36. The lowest BCUT2D eigenvalue weighted by Gasteiger charge is -2.31. The molecule has 4 amide bonds. The SMILES string of the molecule is COC(=O)N[C@H](C(=O)N1CCC[C@H]1C1=NC=C(c2ccc(-c3ccc(C4=C5CCCC5=C(C5CCCN5C(=O)[C@@H]5COC(=O)N5)C4)cc3)cc2)C1)C(C)C. The van der Waals surface area contributed by atoms with Gasteiger partial charge in [0.15, 0.2) is 0 Å². The third kappa shape index (κ3) is 6.73. The summed E-state index contributed by atoms with van der Waals surface area (Å²) >= 11 is 0. The van der Waals surface area contributed by atoms with Crippen LogP contribution < -0.4 is 10.6 Å². The largest absolute Gasteiger partial charge is 0.453 e. The number of fused-ring (bicyclic) bond motifs is 1. The van der Waals surface area contributed by atoms with Crippen LogP contribution in [0.15, 0.2) is 76.4 Å². The fraction of sp³-hybridized carbons (Fsp3) is 0.465. The molecule has 2 N–H and O–H groups in total. The Balaban J connectivity index is 0.907. The number of allylic oxidation sites excluding steroid dienone is 4. The molecule has 0 spiro atoms. The summed E-state index contributed by atoms with van der Waals surface area (Å²) < 4.78 is 9.80. The Labute approximate surface area is 316 Å². The van der Waals surface area contributed by atoms with Gasteiger partial charge in [0.2, 0.25) is 11.8 Å². The number of benzene rings is 2. The van der Waals surface area contributed by atoms with E-state index < -0.39 is 24.3 Å². The summed E-state index contributed by atoms with van der Waals surface area (Å²) in [7, 11) is 1.31. The lowest BCUT2D eigenvalue weighted by atomic mass is 9.93. The summed E-state index contributed by atoms with van der Waals surface area (Å²) in [5.74, 6) is -0.195. The molecule has 2 aromatic rings. The van der Waals surface area contributed by atoms with Gasteiger partial charge in [0, 0.05) is 31.4 Å². The number of hydrogen-bond donors (Lipinski definition) is 2. The number of rotatable bonds is 9. The topological polar surface area (TPSA) is 130 Å². The summed E-state index contributed by atoms with van der Waals surface area (Å²) in [5.41, 5.74) is 12.5. The Kier molecular flexibility index (Phi) is 9.89. The number of methoxy groups -OCH3 is 1. The third-order valence-corrected chi connectivity index (χ3v) is 12.1. The van der Waals surface area contributed by atoms with Crippen LogP contribution in [0.1, 0.15) is 82.8 Å². The fourth-order valence-corrected chi connectivity index (χ4v) is 9.36. The number of aliphatic imine (C=N–C) groups is 1. The highest BCUT2D eigenvalue weighted by molar-refractivity contribution is 6.04. The average molecular weight is 732 g/mol. The predicted molar refractivity (Wildman–Crippen MR) is 206 cm³/mol. The van der Waals surface area contributed by atoms with E-state index in [1.165, 1.54) is 35.0 Å². The molecule has 3 saturated heterocycles. The Morgan fingerprint density at radius 2 is 1.48 bits per heavy atom. The van der Waals surface area contributed by atoms with Crippen molar-refractivity contribution in [3.63, 3.8) is 0 Å². The Hall–Kier alpha value is -5.19. The molecular formula is C43H49N5O6. The molecule has 11 heteroatoms. The van der Waals surface area contributed by atoms with Gasteiger partial charge in [-0.15, -0.1) is 0 Å². The van der Waals surface area contributed by atoms with Gasteiger partial charge < -0.3 is 29.9 Å². The van der Waals surface area contributed by atoms with Crippen LogP contribution >= 0.6 is 0 Å². The number of nitrogens with zero attached hydrogens (tertiary/aromatic N) is 3. The number of carbonyl (C=O) groups excluding carboxylic acids is 4. The Bertz CT molecular complexity index is 1980. The summed E-state index contributed by atoms with van der Waals surface area (Å²) in [4.78, 5) is 59.3. The zero-order valence-electron chi connectivity index (χ0n) is 31.4. The highest BCUT2D eigenvalue weighted by Crippen LogP contribution is 2.50. The van der Waals surface area contributed by atoms with Crippen molar-refractivity contribution in [3.8, 4) is 11.1 Å². The maximum absolute atomic E-state index is 13.6. The van der Waals surface area contributed by atoms with Crippen molar-refractivity contribution >= 4 is 40.9 Å². The molecule has 0 bridgehead atoms. The van der Waals surface area contributed by atoms with E-state index in [0.717, 1.165) is 79.3 Å².